The molecule has 1 N–H and O–H groups in total. The molecule has 9 heteroatoms. The number of benzene rings is 2. The SMILES string of the molecule is O=C1COc2cc(F)c(C(=O)N3CC(COc4c(Cl)cccc4Cl)C3)cc2N1. The number of halogens is 3. The van der Waals surface area contributed by atoms with Crippen LogP contribution >= 0.6 is 23.2 Å². The van der Waals surface area contributed by atoms with Crippen molar-refractivity contribution in [3.8, 4) is 11.5 Å². The molecule has 1 saturated heterocycles. The molecule has 146 valence electrons. The molecule has 0 radical (unpaired) electrons. The molecular formula is C19H15Cl2FN2O4. The predicted molar refractivity (Wildman–Crippen MR) is 102 cm³/mol. The number of ether oxygens (including phenoxy) is 2. The Labute approximate surface area is 170 Å². The van der Waals surface area contributed by atoms with Gasteiger partial charge in [0.05, 0.1) is 27.9 Å². The van der Waals surface area contributed by atoms with Crippen LogP contribution in [0.4, 0.5) is 10.1 Å². The van der Waals surface area contributed by atoms with Crippen molar-refractivity contribution in [2.75, 3.05) is 31.6 Å². The topological polar surface area (TPSA) is 67.9 Å². The summed E-state index contributed by atoms with van der Waals surface area (Å²) in [6.45, 7) is 0.993. The van der Waals surface area contributed by atoms with Gasteiger partial charge in [0.1, 0.15) is 11.6 Å². The van der Waals surface area contributed by atoms with Gasteiger partial charge in [-0.25, -0.2) is 4.39 Å². The number of fused-ring (bicyclic) bond motifs is 1. The van der Waals surface area contributed by atoms with Crippen LogP contribution in [0, 0.1) is 11.7 Å². The molecule has 2 heterocycles. The van der Waals surface area contributed by atoms with E-state index < -0.39 is 11.7 Å². The molecule has 0 unspecified atom stereocenters. The molecule has 2 aliphatic heterocycles. The summed E-state index contributed by atoms with van der Waals surface area (Å²) in [4.78, 5) is 25.5. The van der Waals surface area contributed by atoms with Crippen molar-refractivity contribution in [2.45, 2.75) is 0 Å². The highest BCUT2D eigenvalue weighted by atomic mass is 35.5. The molecule has 28 heavy (non-hydrogen) atoms. The molecule has 2 aromatic rings. The van der Waals surface area contributed by atoms with Crippen molar-refractivity contribution in [3.63, 3.8) is 0 Å². The Hall–Kier alpha value is -2.51. The maximum Gasteiger partial charge on any atom is 0.262 e. The number of amides is 2. The van der Waals surface area contributed by atoms with Gasteiger partial charge in [-0.05, 0) is 18.2 Å². The van der Waals surface area contributed by atoms with Gasteiger partial charge in [0, 0.05) is 25.1 Å². The Balaban J connectivity index is 1.38. The third-order valence-electron chi connectivity index (χ3n) is 4.56. The summed E-state index contributed by atoms with van der Waals surface area (Å²) in [5.41, 5.74) is 0.174. The second-order valence-corrected chi connectivity index (χ2v) is 7.42. The van der Waals surface area contributed by atoms with E-state index in [-0.39, 0.29) is 35.4 Å². The van der Waals surface area contributed by atoms with E-state index in [1.165, 1.54) is 11.0 Å². The minimum atomic E-state index is -0.692. The van der Waals surface area contributed by atoms with E-state index in [0.717, 1.165) is 6.07 Å². The summed E-state index contributed by atoms with van der Waals surface area (Å²) in [7, 11) is 0. The summed E-state index contributed by atoms with van der Waals surface area (Å²) < 4.78 is 25.1. The molecule has 2 aromatic carbocycles. The molecule has 1 fully saturated rings. The first-order valence-electron chi connectivity index (χ1n) is 8.54. The number of carbonyl (C=O) groups excluding carboxylic acids is 2. The molecule has 0 atom stereocenters. The van der Waals surface area contributed by atoms with Crippen molar-refractivity contribution < 1.29 is 23.5 Å². The number of hydrogen-bond donors (Lipinski definition) is 1. The molecule has 4 rings (SSSR count). The first kappa shape index (κ1) is 18.8. The molecule has 0 saturated carbocycles. The number of nitrogens with zero attached hydrogens (tertiary/aromatic N) is 1. The highest BCUT2D eigenvalue weighted by Gasteiger charge is 2.34. The van der Waals surface area contributed by atoms with E-state index in [0.29, 0.717) is 35.5 Å². The van der Waals surface area contributed by atoms with Gasteiger partial charge >= 0.3 is 0 Å². The quantitative estimate of drug-likeness (QED) is 0.813. The second kappa shape index (κ2) is 7.48. The van der Waals surface area contributed by atoms with Gasteiger partial charge in [-0.15, -0.1) is 0 Å². The van der Waals surface area contributed by atoms with Gasteiger partial charge in [0.25, 0.3) is 11.8 Å². The van der Waals surface area contributed by atoms with Gasteiger partial charge in [-0.2, -0.15) is 0 Å². The number of hydrogen-bond acceptors (Lipinski definition) is 4. The molecular weight excluding hydrogens is 410 g/mol. The molecule has 0 bridgehead atoms. The Kier molecular flexibility index (Phi) is 5.03. The van der Waals surface area contributed by atoms with Gasteiger partial charge in [0.15, 0.2) is 12.4 Å². The predicted octanol–water partition coefficient (Wildman–Crippen LogP) is 3.61. The van der Waals surface area contributed by atoms with Crippen LogP contribution in [-0.2, 0) is 4.79 Å². The third-order valence-corrected chi connectivity index (χ3v) is 5.15. The minimum Gasteiger partial charge on any atom is -0.490 e. The van der Waals surface area contributed by atoms with E-state index in [4.69, 9.17) is 32.7 Å². The molecule has 2 amide bonds. The fraction of sp³-hybridized carbons (Fsp3) is 0.263. The zero-order valence-corrected chi connectivity index (χ0v) is 16.0. The fourth-order valence-corrected chi connectivity index (χ4v) is 3.61. The number of nitrogens with one attached hydrogen (secondary N) is 1. The second-order valence-electron chi connectivity index (χ2n) is 6.60. The van der Waals surface area contributed by atoms with Crippen molar-refractivity contribution in [1.82, 2.24) is 4.90 Å². The summed E-state index contributed by atoms with van der Waals surface area (Å²) in [6, 6.07) is 7.50. The smallest absolute Gasteiger partial charge is 0.262 e. The van der Waals surface area contributed by atoms with E-state index in [2.05, 4.69) is 5.32 Å². The van der Waals surface area contributed by atoms with Crippen LogP contribution in [0.25, 0.3) is 0 Å². The molecule has 0 aromatic heterocycles. The van der Waals surface area contributed by atoms with Crippen LogP contribution in [0.5, 0.6) is 11.5 Å². The molecule has 0 aliphatic carbocycles. The largest absolute Gasteiger partial charge is 0.490 e. The van der Waals surface area contributed by atoms with Crippen molar-refractivity contribution in [3.05, 3.63) is 51.8 Å². The third kappa shape index (κ3) is 3.59. The Morgan fingerprint density at radius 2 is 2.00 bits per heavy atom. The van der Waals surface area contributed by atoms with E-state index in [1.54, 1.807) is 18.2 Å². The van der Waals surface area contributed by atoms with Crippen LogP contribution in [0.3, 0.4) is 0 Å². The first-order chi connectivity index (χ1) is 13.4. The summed E-state index contributed by atoms with van der Waals surface area (Å²) in [6.07, 6.45) is 0. The molecule has 6 nitrogen and oxygen atoms in total. The van der Waals surface area contributed by atoms with Gasteiger partial charge < -0.3 is 19.7 Å². The Morgan fingerprint density at radius 3 is 2.71 bits per heavy atom. The van der Waals surface area contributed by atoms with E-state index in [9.17, 15) is 14.0 Å². The van der Waals surface area contributed by atoms with Crippen molar-refractivity contribution >= 4 is 40.7 Å². The normalized spacial score (nSPS) is 16.0. The summed E-state index contributed by atoms with van der Waals surface area (Å²) >= 11 is 12.1. The van der Waals surface area contributed by atoms with Crippen LogP contribution < -0.4 is 14.8 Å². The fourth-order valence-electron chi connectivity index (χ4n) is 3.10. The van der Waals surface area contributed by atoms with E-state index in [1.807, 2.05) is 0 Å². The molecule has 0 spiro atoms. The summed E-state index contributed by atoms with van der Waals surface area (Å²) in [5.74, 6) is -0.793. The number of rotatable bonds is 4. The highest BCUT2D eigenvalue weighted by molar-refractivity contribution is 6.37. The van der Waals surface area contributed by atoms with Crippen LogP contribution in [0.1, 0.15) is 10.4 Å². The van der Waals surface area contributed by atoms with Crippen LogP contribution in [0.2, 0.25) is 10.0 Å². The number of likely N-dealkylation sites (tertiary alicyclic amines) is 1. The first-order valence-corrected chi connectivity index (χ1v) is 9.30. The lowest BCUT2D eigenvalue weighted by atomic mass is 9.99. The zero-order chi connectivity index (χ0) is 19.8. The van der Waals surface area contributed by atoms with E-state index >= 15 is 0 Å². The number of carbonyl (C=O) groups is 2. The average molecular weight is 425 g/mol. The van der Waals surface area contributed by atoms with Crippen LogP contribution in [0.15, 0.2) is 30.3 Å². The highest BCUT2D eigenvalue weighted by Crippen LogP contribution is 2.34. The molecule has 2 aliphatic rings. The minimum absolute atomic E-state index is 0.0833. The van der Waals surface area contributed by atoms with Crippen molar-refractivity contribution in [2.24, 2.45) is 5.92 Å². The van der Waals surface area contributed by atoms with Crippen molar-refractivity contribution in [1.29, 1.82) is 0 Å². The summed E-state index contributed by atoms with van der Waals surface area (Å²) in [5, 5.41) is 3.40. The average Bonchev–Trinajstić information content (AvgIpc) is 2.62. The monoisotopic (exact) mass is 424 g/mol. The van der Waals surface area contributed by atoms with Crippen LogP contribution in [-0.4, -0.2) is 43.0 Å². The maximum absolute atomic E-state index is 14.3. The lowest BCUT2D eigenvalue weighted by molar-refractivity contribution is -0.118. The van der Waals surface area contributed by atoms with Gasteiger partial charge in [-0.1, -0.05) is 29.3 Å². The lowest BCUT2D eigenvalue weighted by Gasteiger charge is -2.39. The number of para-hydroxylation sites is 1. The number of anilines is 1. The lowest BCUT2D eigenvalue weighted by Crippen LogP contribution is -2.52. The Bertz CT molecular complexity index is 943. The zero-order valence-electron chi connectivity index (χ0n) is 14.5. The van der Waals surface area contributed by atoms with Gasteiger partial charge in [0.2, 0.25) is 0 Å². The van der Waals surface area contributed by atoms with Gasteiger partial charge in [-0.3, -0.25) is 9.59 Å². The Morgan fingerprint density at radius 1 is 1.29 bits per heavy atom. The maximum atomic E-state index is 14.3. The standard InChI is InChI=1S/C19H15Cl2FN2O4/c20-12-2-1-3-13(21)18(12)28-8-10-6-24(7-10)19(26)11-4-15-16(5-14(11)22)27-9-17(25)23-15/h1-5,10H,6-9H2,(H,23,25).